The molecular weight excluding hydrogens is 575 g/mol. The standard InChI is InChI=1S/C28H28Cl2N4O7/c1-38-22-8-4-17(12-24(22)39-2)10-11-31-27(36)28(37)34-32-15-18-5-9-23(25(13-18)40-3)41-16-26(35)33-19-6-7-20(29)21(30)14-19/h4-9,12-15H,10-11,16H2,1-3H3,(H,31,36)(H,33,35)(H,34,37)/b32-15-. The van der Waals surface area contributed by atoms with Crippen molar-refractivity contribution in [1.82, 2.24) is 10.7 Å². The summed E-state index contributed by atoms with van der Waals surface area (Å²) in [5.74, 6) is -0.356. The summed E-state index contributed by atoms with van der Waals surface area (Å²) in [5.41, 5.74) is 4.09. The van der Waals surface area contributed by atoms with Crippen molar-refractivity contribution < 1.29 is 33.3 Å². The Bertz CT molecular complexity index is 1430. The van der Waals surface area contributed by atoms with E-state index in [1.807, 2.05) is 6.07 Å². The SMILES string of the molecule is COc1ccc(CCNC(=O)C(=O)N/N=C\c2ccc(OCC(=O)Nc3ccc(Cl)c(Cl)c3)c(OC)c2)cc1OC. The van der Waals surface area contributed by atoms with Crippen molar-refractivity contribution in [3.8, 4) is 23.0 Å². The highest BCUT2D eigenvalue weighted by Crippen LogP contribution is 2.29. The third-order valence-electron chi connectivity index (χ3n) is 5.48. The van der Waals surface area contributed by atoms with Crippen LogP contribution in [0.4, 0.5) is 5.69 Å². The predicted octanol–water partition coefficient (Wildman–Crippen LogP) is 3.85. The Morgan fingerprint density at radius 3 is 2.22 bits per heavy atom. The molecule has 41 heavy (non-hydrogen) atoms. The van der Waals surface area contributed by atoms with Crippen LogP contribution in [0.25, 0.3) is 0 Å². The second-order valence-corrected chi connectivity index (χ2v) is 9.08. The summed E-state index contributed by atoms with van der Waals surface area (Å²) in [6.07, 6.45) is 1.81. The van der Waals surface area contributed by atoms with Crippen LogP contribution in [0.1, 0.15) is 11.1 Å². The zero-order valence-electron chi connectivity index (χ0n) is 22.5. The topological polar surface area (TPSA) is 137 Å². The van der Waals surface area contributed by atoms with Gasteiger partial charge in [-0.05, 0) is 66.1 Å². The monoisotopic (exact) mass is 602 g/mol. The van der Waals surface area contributed by atoms with Crippen molar-refractivity contribution in [3.05, 3.63) is 75.8 Å². The van der Waals surface area contributed by atoms with Gasteiger partial charge >= 0.3 is 11.8 Å². The van der Waals surface area contributed by atoms with Crippen LogP contribution in [-0.2, 0) is 20.8 Å². The number of nitrogens with one attached hydrogen (secondary N) is 3. The number of amides is 3. The fourth-order valence-electron chi connectivity index (χ4n) is 3.45. The Morgan fingerprint density at radius 2 is 1.51 bits per heavy atom. The molecule has 0 aliphatic rings. The minimum absolute atomic E-state index is 0.232. The number of anilines is 1. The summed E-state index contributed by atoms with van der Waals surface area (Å²) in [5, 5.41) is 9.69. The van der Waals surface area contributed by atoms with E-state index in [0.29, 0.717) is 50.7 Å². The molecule has 0 saturated carbocycles. The molecule has 0 radical (unpaired) electrons. The molecule has 3 rings (SSSR count). The second-order valence-electron chi connectivity index (χ2n) is 8.27. The smallest absolute Gasteiger partial charge is 0.329 e. The van der Waals surface area contributed by atoms with E-state index in [4.69, 9.17) is 42.1 Å². The highest BCUT2D eigenvalue weighted by Gasteiger charge is 2.13. The molecule has 0 aliphatic carbocycles. The fraction of sp³-hybridized carbons (Fsp3) is 0.214. The molecule has 0 fully saturated rings. The fourth-order valence-corrected chi connectivity index (χ4v) is 3.75. The van der Waals surface area contributed by atoms with Gasteiger partial charge in [0.25, 0.3) is 5.91 Å². The first-order valence-electron chi connectivity index (χ1n) is 12.1. The molecule has 0 spiro atoms. The van der Waals surface area contributed by atoms with Crippen molar-refractivity contribution in [2.24, 2.45) is 5.10 Å². The lowest BCUT2D eigenvalue weighted by Gasteiger charge is -2.12. The maximum Gasteiger partial charge on any atom is 0.329 e. The first-order chi connectivity index (χ1) is 19.7. The highest BCUT2D eigenvalue weighted by molar-refractivity contribution is 6.42. The third kappa shape index (κ3) is 9.30. The second kappa shape index (κ2) is 15.3. The Morgan fingerprint density at radius 1 is 0.805 bits per heavy atom. The summed E-state index contributed by atoms with van der Waals surface area (Å²) in [6, 6.07) is 14.9. The van der Waals surface area contributed by atoms with E-state index >= 15 is 0 Å². The van der Waals surface area contributed by atoms with E-state index in [1.54, 1.807) is 49.6 Å². The van der Waals surface area contributed by atoms with Gasteiger partial charge in [0.05, 0.1) is 37.6 Å². The van der Waals surface area contributed by atoms with Gasteiger partial charge in [-0.2, -0.15) is 5.10 Å². The van der Waals surface area contributed by atoms with Gasteiger partial charge in [-0.15, -0.1) is 0 Å². The minimum atomic E-state index is -0.923. The van der Waals surface area contributed by atoms with Gasteiger partial charge in [-0.25, -0.2) is 5.43 Å². The molecule has 0 unspecified atom stereocenters. The number of carbonyl (C=O) groups excluding carboxylic acids is 3. The maximum atomic E-state index is 12.2. The van der Waals surface area contributed by atoms with E-state index in [0.717, 1.165) is 5.56 Å². The van der Waals surface area contributed by atoms with Crippen molar-refractivity contribution in [2.75, 3.05) is 39.8 Å². The Labute approximate surface area is 246 Å². The summed E-state index contributed by atoms with van der Waals surface area (Å²) < 4.78 is 21.3. The van der Waals surface area contributed by atoms with E-state index < -0.39 is 17.7 Å². The molecule has 0 saturated heterocycles. The molecular formula is C28H28Cl2N4O7. The molecule has 3 amide bonds. The lowest BCUT2D eigenvalue weighted by Crippen LogP contribution is -2.38. The van der Waals surface area contributed by atoms with E-state index in [9.17, 15) is 14.4 Å². The number of hydrazone groups is 1. The van der Waals surface area contributed by atoms with Crippen LogP contribution in [0.3, 0.4) is 0 Å². The number of methoxy groups -OCH3 is 3. The van der Waals surface area contributed by atoms with Gasteiger partial charge in [0.2, 0.25) is 0 Å². The lowest BCUT2D eigenvalue weighted by atomic mass is 10.1. The van der Waals surface area contributed by atoms with Gasteiger partial charge in [0.1, 0.15) is 0 Å². The Balaban J connectivity index is 1.46. The van der Waals surface area contributed by atoms with Gasteiger partial charge in [-0.1, -0.05) is 29.3 Å². The Kier molecular flexibility index (Phi) is 11.6. The number of halogens is 2. The van der Waals surface area contributed by atoms with Crippen LogP contribution in [0.2, 0.25) is 10.0 Å². The molecule has 216 valence electrons. The molecule has 11 nitrogen and oxygen atoms in total. The zero-order valence-corrected chi connectivity index (χ0v) is 24.0. The van der Waals surface area contributed by atoms with Gasteiger partial charge in [0, 0.05) is 12.2 Å². The summed E-state index contributed by atoms with van der Waals surface area (Å²) in [6.45, 7) is -0.0587. The number of ether oxygens (including phenoxy) is 4. The highest BCUT2D eigenvalue weighted by atomic mass is 35.5. The largest absolute Gasteiger partial charge is 0.493 e. The van der Waals surface area contributed by atoms with Gasteiger partial charge < -0.3 is 29.6 Å². The average Bonchev–Trinajstić information content (AvgIpc) is 2.97. The van der Waals surface area contributed by atoms with Crippen LogP contribution >= 0.6 is 23.2 Å². The quantitative estimate of drug-likeness (QED) is 0.163. The molecule has 0 heterocycles. The van der Waals surface area contributed by atoms with Crippen molar-refractivity contribution in [3.63, 3.8) is 0 Å². The normalized spacial score (nSPS) is 10.6. The van der Waals surface area contributed by atoms with Crippen molar-refractivity contribution in [1.29, 1.82) is 0 Å². The minimum Gasteiger partial charge on any atom is -0.493 e. The Hall–Kier alpha value is -4.48. The zero-order chi connectivity index (χ0) is 29.8. The number of benzene rings is 3. The first kappa shape index (κ1) is 31.1. The molecule has 0 bridgehead atoms. The molecule has 0 aliphatic heterocycles. The van der Waals surface area contributed by atoms with Crippen LogP contribution in [0, 0.1) is 0 Å². The lowest BCUT2D eigenvalue weighted by molar-refractivity contribution is -0.139. The maximum absolute atomic E-state index is 12.2. The number of carbonyl (C=O) groups is 3. The predicted molar refractivity (Wildman–Crippen MR) is 156 cm³/mol. The molecule has 3 aromatic rings. The number of hydrogen-bond donors (Lipinski definition) is 3. The number of nitrogens with zero attached hydrogens (tertiary/aromatic N) is 1. The van der Waals surface area contributed by atoms with Gasteiger partial charge in [0.15, 0.2) is 29.6 Å². The summed E-state index contributed by atoms with van der Waals surface area (Å²) >= 11 is 11.8. The number of hydrogen-bond acceptors (Lipinski definition) is 8. The van der Waals surface area contributed by atoms with E-state index in [2.05, 4.69) is 21.2 Å². The van der Waals surface area contributed by atoms with Crippen LogP contribution < -0.4 is 35.0 Å². The first-order valence-corrected chi connectivity index (χ1v) is 12.9. The van der Waals surface area contributed by atoms with E-state index in [-0.39, 0.29) is 13.2 Å². The third-order valence-corrected chi connectivity index (χ3v) is 6.22. The summed E-state index contributed by atoms with van der Waals surface area (Å²) in [4.78, 5) is 36.4. The van der Waals surface area contributed by atoms with Crippen LogP contribution in [-0.4, -0.2) is 58.4 Å². The van der Waals surface area contributed by atoms with Crippen LogP contribution in [0.5, 0.6) is 23.0 Å². The molecule has 0 atom stereocenters. The molecule has 0 aromatic heterocycles. The van der Waals surface area contributed by atoms with Crippen molar-refractivity contribution >= 4 is 52.8 Å². The van der Waals surface area contributed by atoms with Crippen molar-refractivity contribution in [2.45, 2.75) is 6.42 Å². The molecule has 3 N–H and O–H groups in total. The van der Waals surface area contributed by atoms with Gasteiger partial charge in [-0.3, -0.25) is 14.4 Å². The van der Waals surface area contributed by atoms with E-state index in [1.165, 1.54) is 26.5 Å². The molecule has 13 heteroatoms. The molecule has 3 aromatic carbocycles. The number of rotatable bonds is 12. The average molecular weight is 603 g/mol. The van der Waals surface area contributed by atoms with Crippen LogP contribution in [0.15, 0.2) is 59.7 Å². The summed E-state index contributed by atoms with van der Waals surface area (Å²) in [7, 11) is 4.52.